The van der Waals surface area contributed by atoms with Gasteiger partial charge in [0.1, 0.15) is 0 Å². The van der Waals surface area contributed by atoms with Crippen LogP contribution in [0.25, 0.3) is 11.1 Å². The lowest BCUT2D eigenvalue weighted by Gasteiger charge is -2.14. The number of aryl methyl sites for hydroxylation is 2. The van der Waals surface area contributed by atoms with Crippen molar-refractivity contribution in [3.05, 3.63) is 41.7 Å². The van der Waals surface area contributed by atoms with Gasteiger partial charge in [-0.2, -0.15) is 5.10 Å². The summed E-state index contributed by atoms with van der Waals surface area (Å²) in [7, 11) is 4.01. The van der Waals surface area contributed by atoms with Gasteiger partial charge < -0.3 is 5.32 Å². The van der Waals surface area contributed by atoms with E-state index in [0.29, 0.717) is 6.04 Å². The fourth-order valence-electron chi connectivity index (χ4n) is 2.70. The smallest absolute Gasteiger partial charge is 0.0702 e. The third kappa shape index (κ3) is 3.10. The van der Waals surface area contributed by atoms with E-state index in [2.05, 4.69) is 54.7 Å². The molecule has 1 N–H and O–H groups in total. The van der Waals surface area contributed by atoms with E-state index in [-0.39, 0.29) is 0 Å². The van der Waals surface area contributed by atoms with Crippen molar-refractivity contribution in [3.63, 3.8) is 0 Å². The van der Waals surface area contributed by atoms with E-state index in [1.54, 1.807) is 0 Å². The Labute approximate surface area is 122 Å². The van der Waals surface area contributed by atoms with Gasteiger partial charge in [-0.15, -0.1) is 0 Å². The van der Waals surface area contributed by atoms with Gasteiger partial charge in [0.2, 0.25) is 0 Å². The van der Waals surface area contributed by atoms with Crippen molar-refractivity contribution in [1.29, 1.82) is 0 Å². The molecule has 3 nitrogen and oxygen atoms in total. The quantitative estimate of drug-likeness (QED) is 0.868. The summed E-state index contributed by atoms with van der Waals surface area (Å²) in [5.41, 5.74) is 5.07. The molecular formula is C17H25N3. The summed E-state index contributed by atoms with van der Waals surface area (Å²) in [5, 5.41) is 7.92. The maximum atomic E-state index is 4.57. The molecule has 2 aromatic rings. The number of nitrogens with zero attached hydrogens (tertiary/aromatic N) is 2. The van der Waals surface area contributed by atoms with Crippen LogP contribution in [0.3, 0.4) is 0 Å². The van der Waals surface area contributed by atoms with E-state index >= 15 is 0 Å². The average Bonchev–Trinajstić information content (AvgIpc) is 2.82. The lowest BCUT2D eigenvalue weighted by molar-refractivity contribution is 0.577. The van der Waals surface area contributed by atoms with Gasteiger partial charge in [0, 0.05) is 24.8 Å². The molecule has 0 aliphatic heterocycles. The Hall–Kier alpha value is -1.61. The van der Waals surface area contributed by atoms with Crippen LogP contribution in [0.2, 0.25) is 0 Å². The number of rotatable bonds is 6. The van der Waals surface area contributed by atoms with E-state index in [9.17, 15) is 0 Å². The zero-order valence-electron chi connectivity index (χ0n) is 13.0. The highest BCUT2D eigenvalue weighted by atomic mass is 15.2. The van der Waals surface area contributed by atoms with Crippen LogP contribution in [0.4, 0.5) is 0 Å². The second kappa shape index (κ2) is 6.71. The molecule has 108 valence electrons. The molecule has 0 amide bonds. The van der Waals surface area contributed by atoms with E-state index in [1.165, 1.54) is 22.4 Å². The Bertz CT molecular complexity index is 536. The first kappa shape index (κ1) is 14.8. The lowest BCUT2D eigenvalue weighted by Crippen LogP contribution is -2.14. The van der Waals surface area contributed by atoms with Crippen molar-refractivity contribution >= 4 is 0 Å². The Kier molecular flexibility index (Phi) is 4.96. The molecule has 0 spiro atoms. The first-order valence-electron chi connectivity index (χ1n) is 7.49. The van der Waals surface area contributed by atoms with Gasteiger partial charge in [0.15, 0.2) is 0 Å². The molecule has 0 aliphatic carbocycles. The number of hydrogen-bond acceptors (Lipinski definition) is 2. The molecule has 0 fully saturated rings. The summed E-state index contributed by atoms with van der Waals surface area (Å²) < 4.78 is 1.91. The predicted molar refractivity (Wildman–Crippen MR) is 84.7 cm³/mol. The largest absolute Gasteiger partial charge is 0.313 e. The van der Waals surface area contributed by atoms with Crippen molar-refractivity contribution in [2.24, 2.45) is 7.05 Å². The molecule has 1 atom stereocenters. The van der Waals surface area contributed by atoms with E-state index in [0.717, 1.165) is 19.3 Å². The normalized spacial score (nSPS) is 12.6. The minimum Gasteiger partial charge on any atom is -0.313 e. The van der Waals surface area contributed by atoms with Crippen LogP contribution < -0.4 is 5.32 Å². The van der Waals surface area contributed by atoms with Gasteiger partial charge in [-0.25, -0.2) is 0 Å². The maximum absolute atomic E-state index is 4.57. The van der Waals surface area contributed by atoms with E-state index in [1.807, 2.05) is 18.8 Å². The molecule has 0 aliphatic rings. The summed E-state index contributed by atoms with van der Waals surface area (Å²) >= 11 is 0. The fourth-order valence-corrected chi connectivity index (χ4v) is 2.70. The standard InChI is InChI=1S/C17H25N3/c1-5-7-17-15(12-20(4)19-17)13-8-10-14(11-9-13)16(6-2)18-3/h8-12,16,18H,5-7H2,1-4H3. The van der Waals surface area contributed by atoms with E-state index < -0.39 is 0 Å². The van der Waals surface area contributed by atoms with Gasteiger partial charge in [0.05, 0.1) is 5.69 Å². The molecule has 1 aromatic carbocycles. The Balaban J connectivity index is 2.30. The zero-order chi connectivity index (χ0) is 14.5. The molecule has 1 unspecified atom stereocenters. The third-order valence-electron chi connectivity index (χ3n) is 3.77. The van der Waals surface area contributed by atoms with Crippen LogP contribution in [0, 0.1) is 0 Å². The van der Waals surface area contributed by atoms with Gasteiger partial charge >= 0.3 is 0 Å². The molecule has 0 radical (unpaired) electrons. The summed E-state index contributed by atoms with van der Waals surface area (Å²) in [6, 6.07) is 9.32. The van der Waals surface area contributed by atoms with Crippen molar-refractivity contribution < 1.29 is 0 Å². The van der Waals surface area contributed by atoms with Gasteiger partial charge in [-0.05, 0) is 31.0 Å². The molecule has 2 rings (SSSR count). The first-order valence-corrected chi connectivity index (χ1v) is 7.49. The number of nitrogens with one attached hydrogen (secondary N) is 1. The topological polar surface area (TPSA) is 29.9 Å². The zero-order valence-corrected chi connectivity index (χ0v) is 13.0. The summed E-state index contributed by atoms with van der Waals surface area (Å²) in [5.74, 6) is 0. The van der Waals surface area contributed by atoms with Crippen LogP contribution in [0.15, 0.2) is 30.5 Å². The predicted octanol–water partition coefficient (Wildman–Crippen LogP) is 3.71. The second-order valence-electron chi connectivity index (χ2n) is 5.28. The molecule has 0 saturated carbocycles. The van der Waals surface area contributed by atoms with Crippen LogP contribution in [0.5, 0.6) is 0 Å². The molecule has 3 heteroatoms. The highest BCUT2D eigenvalue weighted by molar-refractivity contribution is 5.65. The molecular weight excluding hydrogens is 246 g/mol. The van der Waals surface area contributed by atoms with Crippen LogP contribution >= 0.6 is 0 Å². The third-order valence-corrected chi connectivity index (χ3v) is 3.77. The average molecular weight is 271 g/mol. The van der Waals surface area contributed by atoms with Crippen molar-refractivity contribution in [2.45, 2.75) is 39.2 Å². The molecule has 1 heterocycles. The monoisotopic (exact) mass is 271 g/mol. The minimum absolute atomic E-state index is 0.438. The Morgan fingerprint density at radius 2 is 1.90 bits per heavy atom. The SMILES string of the molecule is CCCc1nn(C)cc1-c1ccc(C(CC)NC)cc1. The highest BCUT2D eigenvalue weighted by Crippen LogP contribution is 2.26. The summed E-state index contributed by atoms with van der Waals surface area (Å²) in [6.07, 6.45) is 5.38. The molecule has 0 saturated heterocycles. The second-order valence-corrected chi connectivity index (χ2v) is 5.28. The van der Waals surface area contributed by atoms with Crippen LogP contribution in [-0.4, -0.2) is 16.8 Å². The maximum Gasteiger partial charge on any atom is 0.0702 e. The molecule has 0 bridgehead atoms. The number of benzene rings is 1. The van der Waals surface area contributed by atoms with Crippen LogP contribution in [0.1, 0.15) is 44.0 Å². The van der Waals surface area contributed by atoms with Gasteiger partial charge in [-0.1, -0.05) is 44.5 Å². The first-order chi connectivity index (χ1) is 9.69. The van der Waals surface area contributed by atoms with Gasteiger partial charge in [0.25, 0.3) is 0 Å². The number of aromatic nitrogens is 2. The fraction of sp³-hybridized carbons (Fsp3) is 0.471. The molecule has 20 heavy (non-hydrogen) atoms. The van der Waals surface area contributed by atoms with Crippen molar-refractivity contribution in [1.82, 2.24) is 15.1 Å². The van der Waals surface area contributed by atoms with E-state index in [4.69, 9.17) is 0 Å². The Morgan fingerprint density at radius 1 is 1.20 bits per heavy atom. The van der Waals surface area contributed by atoms with Crippen LogP contribution in [-0.2, 0) is 13.5 Å². The highest BCUT2D eigenvalue weighted by Gasteiger charge is 2.11. The molecule has 1 aromatic heterocycles. The Morgan fingerprint density at radius 3 is 2.45 bits per heavy atom. The van der Waals surface area contributed by atoms with Crippen molar-refractivity contribution in [3.8, 4) is 11.1 Å². The summed E-state index contributed by atoms with van der Waals surface area (Å²) in [4.78, 5) is 0. The lowest BCUT2D eigenvalue weighted by atomic mass is 9.99. The number of hydrogen-bond donors (Lipinski definition) is 1. The van der Waals surface area contributed by atoms with Gasteiger partial charge in [-0.3, -0.25) is 4.68 Å². The minimum atomic E-state index is 0.438. The van der Waals surface area contributed by atoms with Crippen molar-refractivity contribution in [2.75, 3.05) is 7.05 Å². The summed E-state index contributed by atoms with van der Waals surface area (Å²) in [6.45, 7) is 4.40.